The molecular weight excluding hydrogens is 249 g/mol. The van der Waals surface area contributed by atoms with Crippen molar-refractivity contribution in [1.29, 1.82) is 0 Å². The van der Waals surface area contributed by atoms with E-state index in [0.29, 0.717) is 18.6 Å². The summed E-state index contributed by atoms with van der Waals surface area (Å²) in [6, 6.07) is 5.64. The van der Waals surface area contributed by atoms with E-state index in [-0.39, 0.29) is 12.5 Å². The number of carbonyl (C=O) groups excluding carboxylic acids is 1. The standard InChI is InChI=1S/C14H18FNO3/c1-10(19-12-5-2-4-11(15)8-12)13(17)16-9-14(18)6-3-7-14/h2,4-5,8,10,18H,3,6-7,9H2,1H3,(H,16,17). The summed E-state index contributed by atoms with van der Waals surface area (Å²) in [6.45, 7) is 1.83. The summed E-state index contributed by atoms with van der Waals surface area (Å²) in [5.74, 6) is -0.413. The molecule has 0 aliphatic heterocycles. The van der Waals surface area contributed by atoms with E-state index in [9.17, 15) is 14.3 Å². The van der Waals surface area contributed by atoms with E-state index in [1.807, 2.05) is 0 Å². The van der Waals surface area contributed by atoms with Crippen LogP contribution >= 0.6 is 0 Å². The predicted octanol–water partition coefficient (Wildman–Crippen LogP) is 1.62. The van der Waals surface area contributed by atoms with Crippen molar-refractivity contribution in [2.75, 3.05) is 6.54 Å². The van der Waals surface area contributed by atoms with E-state index < -0.39 is 17.5 Å². The van der Waals surface area contributed by atoms with Crippen molar-refractivity contribution in [3.05, 3.63) is 30.1 Å². The maximum Gasteiger partial charge on any atom is 0.260 e. The van der Waals surface area contributed by atoms with Gasteiger partial charge in [-0.25, -0.2) is 4.39 Å². The third-order valence-corrected chi connectivity index (χ3v) is 3.35. The third-order valence-electron chi connectivity index (χ3n) is 3.35. The molecule has 4 nitrogen and oxygen atoms in total. The highest BCUT2D eigenvalue weighted by molar-refractivity contribution is 5.80. The highest BCUT2D eigenvalue weighted by Crippen LogP contribution is 2.30. The van der Waals surface area contributed by atoms with Crippen LogP contribution in [0, 0.1) is 5.82 Å². The number of benzene rings is 1. The minimum Gasteiger partial charge on any atom is -0.481 e. The number of halogens is 1. The minimum absolute atomic E-state index is 0.239. The topological polar surface area (TPSA) is 58.6 Å². The van der Waals surface area contributed by atoms with Gasteiger partial charge in [0, 0.05) is 12.6 Å². The Morgan fingerprint density at radius 3 is 2.89 bits per heavy atom. The van der Waals surface area contributed by atoms with E-state index in [1.54, 1.807) is 13.0 Å². The summed E-state index contributed by atoms with van der Waals surface area (Å²) >= 11 is 0. The molecule has 1 aromatic carbocycles. The number of amides is 1. The van der Waals surface area contributed by atoms with Crippen LogP contribution in [0.25, 0.3) is 0 Å². The van der Waals surface area contributed by atoms with Gasteiger partial charge in [-0.1, -0.05) is 6.07 Å². The lowest BCUT2D eigenvalue weighted by molar-refractivity contribution is -0.129. The van der Waals surface area contributed by atoms with Crippen LogP contribution in [0.15, 0.2) is 24.3 Å². The highest BCUT2D eigenvalue weighted by Gasteiger charge is 2.34. The fraction of sp³-hybridized carbons (Fsp3) is 0.500. The minimum atomic E-state index is -0.756. The average Bonchev–Trinajstić information content (AvgIpc) is 2.33. The smallest absolute Gasteiger partial charge is 0.260 e. The molecule has 2 N–H and O–H groups in total. The Bertz CT molecular complexity index is 460. The highest BCUT2D eigenvalue weighted by atomic mass is 19.1. The fourth-order valence-corrected chi connectivity index (χ4v) is 1.95. The predicted molar refractivity (Wildman–Crippen MR) is 68.3 cm³/mol. The lowest BCUT2D eigenvalue weighted by Crippen LogP contribution is -2.50. The SMILES string of the molecule is CC(Oc1cccc(F)c1)C(=O)NCC1(O)CCC1. The fourth-order valence-electron chi connectivity index (χ4n) is 1.95. The van der Waals surface area contributed by atoms with Crippen LogP contribution in [0.3, 0.4) is 0 Å². The number of rotatable bonds is 5. The Kier molecular flexibility index (Phi) is 4.04. The number of carbonyl (C=O) groups is 1. The van der Waals surface area contributed by atoms with E-state index in [1.165, 1.54) is 18.2 Å². The van der Waals surface area contributed by atoms with Gasteiger partial charge in [0.05, 0.1) is 5.60 Å². The zero-order chi connectivity index (χ0) is 13.9. The first-order valence-electron chi connectivity index (χ1n) is 6.41. The van der Waals surface area contributed by atoms with Crippen molar-refractivity contribution in [3.63, 3.8) is 0 Å². The van der Waals surface area contributed by atoms with Gasteiger partial charge < -0.3 is 15.2 Å². The summed E-state index contributed by atoms with van der Waals surface area (Å²) < 4.78 is 18.3. The Balaban J connectivity index is 1.82. The molecule has 0 radical (unpaired) electrons. The van der Waals surface area contributed by atoms with Gasteiger partial charge >= 0.3 is 0 Å². The second-order valence-corrected chi connectivity index (χ2v) is 5.01. The van der Waals surface area contributed by atoms with Crippen LogP contribution in [0.1, 0.15) is 26.2 Å². The molecule has 1 aliphatic rings. The monoisotopic (exact) mass is 267 g/mol. The van der Waals surface area contributed by atoms with E-state index in [4.69, 9.17) is 4.74 Å². The zero-order valence-electron chi connectivity index (χ0n) is 10.9. The van der Waals surface area contributed by atoms with Crippen molar-refractivity contribution < 1.29 is 19.0 Å². The van der Waals surface area contributed by atoms with Gasteiger partial charge in [0.25, 0.3) is 5.91 Å². The van der Waals surface area contributed by atoms with E-state index in [2.05, 4.69) is 5.32 Å². The molecule has 1 amide bonds. The first-order valence-corrected chi connectivity index (χ1v) is 6.41. The zero-order valence-corrected chi connectivity index (χ0v) is 10.9. The van der Waals surface area contributed by atoms with Gasteiger partial charge in [0.15, 0.2) is 6.10 Å². The summed E-state index contributed by atoms with van der Waals surface area (Å²) in [6.07, 6.45) is 1.69. The van der Waals surface area contributed by atoms with Crippen molar-refractivity contribution in [3.8, 4) is 5.75 Å². The maximum atomic E-state index is 13.0. The summed E-state index contributed by atoms with van der Waals surface area (Å²) in [5, 5.41) is 12.5. The van der Waals surface area contributed by atoms with Gasteiger partial charge in [-0.2, -0.15) is 0 Å². The molecule has 104 valence electrons. The molecule has 0 spiro atoms. The lowest BCUT2D eigenvalue weighted by atomic mass is 9.80. The Hall–Kier alpha value is -1.62. The van der Waals surface area contributed by atoms with Gasteiger partial charge in [-0.15, -0.1) is 0 Å². The number of hydrogen-bond acceptors (Lipinski definition) is 3. The van der Waals surface area contributed by atoms with Crippen molar-refractivity contribution in [2.45, 2.75) is 37.9 Å². The molecule has 19 heavy (non-hydrogen) atoms. The van der Waals surface area contributed by atoms with Crippen LogP contribution in [-0.2, 0) is 4.79 Å². The number of hydrogen-bond donors (Lipinski definition) is 2. The second-order valence-electron chi connectivity index (χ2n) is 5.01. The van der Waals surface area contributed by atoms with Gasteiger partial charge in [-0.3, -0.25) is 4.79 Å². The number of nitrogens with one attached hydrogen (secondary N) is 1. The molecular formula is C14H18FNO3. The quantitative estimate of drug-likeness (QED) is 0.852. The maximum absolute atomic E-state index is 13.0. The van der Waals surface area contributed by atoms with Crippen LogP contribution in [0.4, 0.5) is 4.39 Å². The van der Waals surface area contributed by atoms with E-state index in [0.717, 1.165) is 6.42 Å². The molecule has 1 saturated carbocycles. The Morgan fingerprint density at radius 1 is 1.58 bits per heavy atom. The molecule has 0 heterocycles. The van der Waals surface area contributed by atoms with Crippen LogP contribution in [0.2, 0.25) is 0 Å². The molecule has 0 aromatic heterocycles. The Labute approximate surface area is 111 Å². The summed E-state index contributed by atoms with van der Waals surface area (Å²) in [7, 11) is 0. The first-order chi connectivity index (χ1) is 8.98. The molecule has 2 rings (SSSR count). The van der Waals surface area contributed by atoms with Gasteiger partial charge in [0.2, 0.25) is 0 Å². The number of ether oxygens (including phenoxy) is 1. The molecule has 1 aromatic rings. The van der Waals surface area contributed by atoms with E-state index >= 15 is 0 Å². The third kappa shape index (κ3) is 3.67. The van der Waals surface area contributed by atoms with Crippen LogP contribution < -0.4 is 10.1 Å². The number of aliphatic hydroxyl groups is 1. The average molecular weight is 267 g/mol. The largest absolute Gasteiger partial charge is 0.481 e. The van der Waals surface area contributed by atoms with Crippen molar-refractivity contribution in [2.24, 2.45) is 0 Å². The molecule has 1 aliphatic carbocycles. The second kappa shape index (κ2) is 5.57. The molecule has 0 saturated heterocycles. The lowest BCUT2D eigenvalue weighted by Gasteiger charge is -2.36. The Morgan fingerprint density at radius 2 is 2.32 bits per heavy atom. The first kappa shape index (κ1) is 13.8. The van der Waals surface area contributed by atoms with Gasteiger partial charge in [-0.05, 0) is 38.3 Å². The van der Waals surface area contributed by atoms with Crippen LogP contribution in [-0.4, -0.2) is 29.3 Å². The molecule has 5 heteroatoms. The van der Waals surface area contributed by atoms with Crippen molar-refractivity contribution in [1.82, 2.24) is 5.32 Å². The molecule has 0 bridgehead atoms. The van der Waals surface area contributed by atoms with Crippen molar-refractivity contribution >= 4 is 5.91 Å². The molecule has 1 atom stereocenters. The normalized spacial score (nSPS) is 18.3. The van der Waals surface area contributed by atoms with Crippen LogP contribution in [0.5, 0.6) is 5.75 Å². The molecule has 1 unspecified atom stereocenters. The van der Waals surface area contributed by atoms with Gasteiger partial charge in [0.1, 0.15) is 11.6 Å². The summed E-state index contributed by atoms with van der Waals surface area (Å²) in [4.78, 5) is 11.8. The molecule has 1 fully saturated rings. The summed E-state index contributed by atoms with van der Waals surface area (Å²) in [5.41, 5.74) is -0.756.